The molecule has 2 aromatic rings. The van der Waals surface area contributed by atoms with Crippen molar-refractivity contribution in [3.63, 3.8) is 0 Å². The number of amides is 8. The third-order valence-electron chi connectivity index (χ3n) is 9.35. The van der Waals surface area contributed by atoms with Gasteiger partial charge < -0.3 is 59.4 Å². The van der Waals surface area contributed by atoms with Gasteiger partial charge in [0.05, 0.1) is 6.33 Å². The number of carbonyl (C=O) groups is 8. The summed E-state index contributed by atoms with van der Waals surface area (Å²) in [5.74, 6) is -5.92. The molecule has 2 heterocycles. The zero-order chi connectivity index (χ0) is 43.3. The van der Waals surface area contributed by atoms with E-state index in [4.69, 9.17) is 17.2 Å². The number of nitrogens with zero attached hydrogens (tertiary/aromatic N) is 2. The number of hydrogen-bond acceptors (Lipinski definition) is 10. The predicted octanol–water partition coefficient (Wildman–Crippen LogP) is -2.85. The van der Waals surface area contributed by atoms with E-state index in [1.165, 1.54) is 19.4 Å². The molecule has 0 radical (unpaired) electrons. The van der Waals surface area contributed by atoms with Gasteiger partial charge in [0.2, 0.25) is 47.3 Å². The van der Waals surface area contributed by atoms with Crippen LogP contribution in [-0.2, 0) is 51.2 Å². The summed E-state index contributed by atoms with van der Waals surface area (Å²) in [6.45, 7) is 3.16. The topological polar surface area (TPSA) is 340 Å². The Kier molecular flexibility index (Phi) is 19.3. The number of nitrogens with two attached hydrogens (primary N) is 3. The van der Waals surface area contributed by atoms with Crippen LogP contribution in [0.4, 0.5) is 0 Å². The van der Waals surface area contributed by atoms with Crippen LogP contribution in [0.1, 0.15) is 76.5 Å². The minimum atomic E-state index is -1.37. The molecule has 1 aliphatic heterocycles. The van der Waals surface area contributed by atoms with Crippen LogP contribution in [0, 0.1) is 0 Å². The van der Waals surface area contributed by atoms with E-state index in [0.717, 1.165) is 6.42 Å². The minimum absolute atomic E-state index is 0.00935. The largest absolute Gasteiger partial charge is 0.370 e. The summed E-state index contributed by atoms with van der Waals surface area (Å²) in [4.78, 5) is 118. The fourth-order valence-corrected chi connectivity index (χ4v) is 6.22. The van der Waals surface area contributed by atoms with Crippen molar-refractivity contribution >= 4 is 53.2 Å². The maximum absolute atomic E-state index is 14.2. The molecular formula is C38H57N13O8. The summed E-state index contributed by atoms with van der Waals surface area (Å²) in [6.07, 6.45) is 3.83. The monoisotopic (exact) mass is 823 g/mol. The third kappa shape index (κ3) is 16.8. The SMILES string of the molecule is CCCC[C@H](NC(C)=O)C(=O)NC1CCC(=O)NCCC(C(N)=O)NC(=O)[C@H](CCCN=C(N)N)NC(=O)C(Cc2ccccc2)NC(=O)[C@H](Cc2cnc[nH]2)NC1=O. The summed E-state index contributed by atoms with van der Waals surface area (Å²) >= 11 is 0. The average Bonchev–Trinajstić information content (AvgIpc) is 3.71. The average molecular weight is 824 g/mol. The molecular weight excluding hydrogens is 767 g/mol. The van der Waals surface area contributed by atoms with Crippen molar-refractivity contribution in [1.29, 1.82) is 0 Å². The first-order chi connectivity index (χ1) is 28.2. The molecule has 0 spiro atoms. The van der Waals surface area contributed by atoms with Crippen molar-refractivity contribution in [3.8, 4) is 0 Å². The number of nitrogens with one attached hydrogen (secondary N) is 8. The number of aliphatic imine (C=N–C) groups is 1. The van der Waals surface area contributed by atoms with Crippen molar-refractivity contribution in [2.75, 3.05) is 13.1 Å². The normalized spacial score (nSPS) is 21.7. The quantitative estimate of drug-likeness (QED) is 0.0494. The van der Waals surface area contributed by atoms with E-state index in [1.54, 1.807) is 30.3 Å². The highest BCUT2D eigenvalue weighted by Crippen LogP contribution is 2.10. The van der Waals surface area contributed by atoms with Gasteiger partial charge in [0.1, 0.15) is 36.3 Å². The van der Waals surface area contributed by atoms with Gasteiger partial charge in [-0.2, -0.15) is 0 Å². The van der Waals surface area contributed by atoms with Crippen LogP contribution in [0.3, 0.4) is 0 Å². The maximum Gasteiger partial charge on any atom is 0.243 e. The summed E-state index contributed by atoms with van der Waals surface area (Å²) in [7, 11) is 0. The van der Waals surface area contributed by atoms with Crippen molar-refractivity contribution < 1.29 is 38.4 Å². The van der Waals surface area contributed by atoms with Gasteiger partial charge in [0, 0.05) is 51.2 Å². The van der Waals surface area contributed by atoms with Gasteiger partial charge in [-0.3, -0.25) is 43.3 Å². The Morgan fingerprint density at radius 3 is 2.15 bits per heavy atom. The highest BCUT2D eigenvalue weighted by molar-refractivity contribution is 5.97. The summed E-state index contributed by atoms with van der Waals surface area (Å²) < 4.78 is 0. The lowest BCUT2D eigenvalue weighted by atomic mass is 10.0. The van der Waals surface area contributed by atoms with Gasteiger partial charge in [-0.1, -0.05) is 50.1 Å². The Morgan fingerprint density at radius 2 is 1.53 bits per heavy atom. The number of H-pyrrole nitrogens is 1. The molecule has 1 aliphatic rings. The van der Waals surface area contributed by atoms with Gasteiger partial charge in [0.15, 0.2) is 5.96 Å². The number of primary amides is 1. The van der Waals surface area contributed by atoms with Crippen molar-refractivity contribution in [2.45, 2.75) is 114 Å². The van der Waals surface area contributed by atoms with Crippen molar-refractivity contribution in [2.24, 2.45) is 22.2 Å². The zero-order valence-corrected chi connectivity index (χ0v) is 33.4. The second kappa shape index (κ2) is 24.3. The molecule has 21 nitrogen and oxygen atoms in total. The van der Waals surface area contributed by atoms with Crippen LogP contribution in [0.15, 0.2) is 47.8 Å². The van der Waals surface area contributed by atoms with Gasteiger partial charge in [-0.05, 0) is 37.7 Å². The molecule has 59 heavy (non-hydrogen) atoms. The van der Waals surface area contributed by atoms with E-state index in [9.17, 15) is 38.4 Å². The lowest BCUT2D eigenvalue weighted by molar-refractivity contribution is -0.135. The standard InChI is InChI=1S/C38H57N13O8/c1-3-4-11-26(46-22(2)52)33(55)49-28-13-14-31(53)43-17-15-25(32(39)54)47-34(56)27(12-8-16-44-38(40)41)48-36(58)29(18-23-9-6-5-7-10-23)50-37(59)30(51-35(28)57)19-24-20-42-21-45-24/h5-7,9-10,20-21,25-30H,3-4,8,11-19H2,1-2H3,(H2,39,54)(H,42,45)(H,43,53)(H,46,52)(H,47,56)(H,48,58)(H,49,55)(H,50,59)(H,51,57)(H4,40,41,44)/t25?,26-,27-,28?,29?,30-/m0/s1. The summed E-state index contributed by atoms with van der Waals surface area (Å²) in [6, 6.07) is 1.22. The Hall–Kier alpha value is -6.54. The molecule has 1 fully saturated rings. The van der Waals surface area contributed by atoms with Crippen LogP contribution in [-0.4, -0.2) is 113 Å². The molecule has 1 saturated heterocycles. The highest BCUT2D eigenvalue weighted by Gasteiger charge is 2.34. The second-order valence-electron chi connectivity index (χ2n) is 14.2. The van der Waals surface area contributed by atoms with Crippen LogP contribution in [0.2, 0.25) is 0 Å². The van der Waals surface area contributed by atoms with Crippen molar-refractivity contribution in [3.05, 3.63) is 54.1 Å². The van der Waals surface area contributed by atoms with Crippen molar-refractivity contribution in [1.82, 2.24) is 47.2 Å². The molecule has 3 unspecified atom stereocenters. The molecule has 0 saturated carbocycles. The molecule has 0 bridgehead atoms. The van der Waals surface area contributed by atoms with E-state index in [2.05, 4.69) is 52.2 Å². The summed E-state index contributed by atoms with van der Waals surface area (Å²) in [5, 5.41) is 18.5. The molecule has 1 aromatic carbocycles. The first kappa shape index (κ1) is 46.8. The van der Waals surface area contributed by atoms with E-state index in [-0.39, 0.29) is 70.4 Å². The minimum Gasteiger partial charge on any atom is -0.370 e. The predicted molar refractivity (Wildman–Crippen MR) is 215 cm³/mol. The third-order valence-corrected chi connectivity index (χ3v) is 9.35. The molecule has 21 heteroatoms. The fourth-order valence-electron chi connectivity index (χ4n) is 6.22. The van der Waals surface area contributed by atoms with E-state index in [1.807, 2.05) is 6.92 Å². The number of guanidine groups is 1. The first-order valence-electron chi connectivity index (χ1n) is 19.6. The number of aromatic amines is 1. The highest BCUT2D eigenvalue weighted by atomic mass is 16.2. The number of imidazole rings is 1. The van der Waals surface area contributed by atoms with Crippen LogP contribution in [0.25, 0.3) is 0 Å². The first-order valence-corrected chi connectivity index (χ1v) is 19.6. The van der Waals surface area contributed by atoms with E-state index < -0.39 is 83.5 Å². The van der Waals surface area contributed by atoms with Gasteiger partial charge in [-0.25, -0.2) is 4.98 Å². The Balaban J connectivity index is 2.05. The Bertz CT molecular complexity index is 1770. The molecule has 0 aliphatic carbocycles. The second-order valence-corrected chi connectivity index (χ2v) is 14.2. The number of benzene rings is 1. The lowest BCUT2D eigenvalue weighted by Gasteiger charge is -2.27. The van der Waals surface area contributed by atoms with E-state index >= 15 is 0 Å². The molecule has 6 atom stereocenters. The molecule has 1 aromatic heterocycles. The van der Waals surface area contributed by atoms with Gasteiger partial charge in [0.25, 0.3) is 0 Å². The Labute approximate surface area is 342 Å². The molecule has 14 N–H and O–H groups in total. The Morgan fingerprint density at radius 1 is 0.864 bits per heavy atom. The smallest absolute Gasteiger partial charge is 0.243 e. The molecule has 3 rings (SSSR count). The fraction of sp³-hybridized carbons (Fsp3) is 0.526. The zero-order valence-electron chi connectivity index (χ0n) is 33.4. The number of rotatable bonds is 15. The summed E-state index contributed by atoms with van der Waals surface area (Å²) in [5.41, 5.74) is 17.6. The van der Waals surface area contributed by atoms with Crippen LogP contribution in [0.5, 0.6) is 0 Å². The van der Waals surface area contributed by atoms with Crippen LogP contribution < -0.4 is 54.4 Å². The number of unbranched alkanes of at least 4 members (excludes halogenated alkanes) is 1. The molecule has 8 amide bonds. The molecule has 322 valence electrons. The number of carbonyl (C=O) groups excluding carboxylic acids is 8. The van der Waals surface area contributed by atoms with E-state index in [0.29, 0.717) is 17.7 Å². The maximum atomic E-state index is 14.2. The van der Waals surface area contributed by atoms with Gasteiger partial charge >= 0.3 is 0 Å². The van der Waals surface area contributed by atoms with Gasteiger partial charge in [-0.15, -0.1) is 0 Å². The number of hydrogen-bond donors (Lipinski definition) is 11. The lowest BCUT2D eigenvalue weighted by Crippen LogP contribution is -2.60. The van der Waals surface area contributed by atoms with Crippen LogP contribution >= 0.6 is 0 Å². The number of aromatic nitrogens is 2.